The van der Waals surface area contributed by atoms with Crippen LogP contribution in [0.15, 0.2) is 54.6 Å². The maximum Gasteiger partial charge on any atom is 0.265 e. The van der Waals surface area contributed by atoms with Crippen LogP contribution >= 0.6 is 0 Å². The molecule has 3 rings (SSSR count). The Kier molecular flexibility index (Phi) is 6.39. The number of anilines is 2. The van der Waals surface area contributed by atoms with Crippen LogP contribution in [0, 0.1) is 0 Å². The molecule has 1 heterocycles. The van der Waals surface area contributed by atoms with Crippen molar-refractivity contribution in [1.82, 2.24) is 0 Å². The molecule has 1 aliphatic rings. The van der Waals surface area contributed by atoms with Crippen molar-refractivity contribution >= 4 is 23.2 Å². The molecule has 2 amide bonds. The van der Waals surface area contributed by atoms with Crippen LogP contribution in [0.2, 0.25) is 0 Å². The SMILES string of the molecule is C=C(C)CN1C(=O)COc2ccc(NC(=O)COc3ccc(OCC)cc3)cc21. The molecule has 0 atom stereocenters. The van der Waals surface area contributed by atoms with Crippen LogP contribution in [0.4, 0.5) is 11.4 Å². The van der Waals surface area contributed by atoms with Gasteiger partial charge in [0.25, 0.3) is 11.8 Å². The maximum absolute atomic E-state index is 12.3. The third-order valence-corrected chi connectivity index (χ3v) is 4.12. The lowest BCUT2D eigenvalue weighted by atomic mass is 10.2. The first kappa shape index (κ1) is 20.3. The first-order valence-electron chi connectivity index (χ1n) is 9.33. The minimum atomic E-state index is -0.312. The van der Waals surface area contributed by atoms with Gasteiger partial charge in [-0.15, -0.1) is 0 Å². The van der Waals surface area contributed by atoms with E-state index in [1.807, 2.05) is 13.8 Å². The maximum atomic E-state index is 12.3. The third-order valence-electron chi connectivity index (χ3n) is 4.12. The van der Waals surface area contributed by atoms with Crippen LogP contribution in [-0.2, 0) is 9.59 Å². The van der Waals surface area contributed by atoms with Gasteiger partial charge in [0.15, 0.2) is 13.2 Å². The Balaban J connectivity index is 1.62. The summed E-state index contributed by atoms with van der Waals surface area (Å²) in [5.41, 5.74) is 2.01. The molecule has 0 aromatic heterocycles. The Morgan fingerprint density at radius 2 is 1.86 bits per heavy atom. The normalized spacial score (nSPS) is 12.6. The molecule has 0 spiro atoms. The van der Waals surface area contributed by atoms with Gasteiger partial charge in [0.2, 0.25) is 0 Å². The van der Waals surface area contributed by atoms with Crippen molar-refractivity contribution in [3.05, 3.63) is 54.6 Å². The molecule has 152 valence electrons. The molecule has 29 heavy (non-hydrogen) atoms. The average molecular weight is 396 g/mol. The Labute approximate surface area is 169 Å². The number of hydrogen-bond acceptors (Lipinski definition) is 5. The molecular formula is C22H24N2O5. The molecule has 2 aromatic carbocycles. The zero-order chi connectivity index (χ0) is 20.8. The monoisotopic (exact) mass is 396 g/mol. The molecule has 0 unspecified atom stereocenters. The van der Waals surface area contributed by atoms with Crippen molar-refractivity contribution in [3.63, 3.8) is 0 Å². The smallest absolute Gasteiger partial charge is 0.265 e. The fourth-order valence-electron chi connectivity index (χ4n) is 2.87. The first-order chi connectivity index (χ1) is 14.0. The number of benzene rings is 2. The van der Waals surface area contributed by atoms with Crippen molar-refractivity contribution in [2.75, 3.05) is 36.6 Å². The number of nitrogens with one attached hydrogen (secondary N) is 1. The molecule has 1 N–H and O–H groups in total. The summed E-state index contributed by atoms with van der Waals surface area (Å²) in [7, 11) is 0. The number of carbonyl (C=O) groups is 2. The highest BCUT2D eigenvalue weighted by molar-refractivity contribution is 6.00. The van der Waals surface area contributed by atoms with Gasteiger partial charge in [0.1, 0.15) is 17.2 Å². The van der Waals surface area contributed by atoms with Crippen LogP contribution in [-0.4, -0.2) is 38.2 Å². The molecule has 0 radical (unpaired) electrons. The predicted octanol–water partition coefficient (Wildman–Crippen LogP) is 3.40. The van der Waals surface area contributed by atoms with E-state index in [-0.39, 0.29) is 25.0 Å². The molecular weight excluding hydrogens is 372 g/mol. The van der Waals surface area contributed by atoms with Crippen LogP contribution in [0.1, 0.15) is 13.8 Å². The minimum Gasteiger partial charge on any atom is -0.494 e. The van der Waals surface area contributed by atoms with Crippen molar-refractivity contribution in [2.24, 2.45) is 0 Å². The van der Waals surface area contributed by atoms with Gasteiger partial charge in [0, 0.05) is 12.2 Å². The highest BCUT2D eigenvalue weighted by atomic mass is 16.5. The zero-order valence-electron chi connectivity index (χ0n) is 16.6. The van der Waals surface area contributed by atoms with Crippen molar-refractivity contribution < 1.29 is 23.8 Å². The summed E-state index contributed by atoms with van der Waals surface area (Å²) < 4.78 is 16.4. The minimum absolute atomic E-state index is 0.0120. The Hall–Kier alpha value is -3.48. The van der Waals surface area contributed by atoms with Crippen LogP contribution in [0.5, 0.6) is 17.2 Å². The van der Waals surface area contributed by atoms with Crippen LogP contribution < -0.4 is 24.4 Å². The van der Waals surface area contributed by atoms with Gasteiger partial charge >= 0.3 is 0 Å². The van der Waals surface area contributed by atoms with Crippen molar-refractivity contribution in [2.45, 2.75) is 13.8 Å². The largest absolute Gasteiger partial charge is 0.494 e. The predicted molar refractivity (Wildman–Crippen MR) is 111 cm³/mol. The van der Waals surface area contributed by atoms with E-state index in [1.165, 1.54) is 0 Å². The fourth-order valence-corrected chi connectivity index (χ4v) is 2.87. The van der Waals surface area contributed by atoms with E-state index in [0.717, 1.165) is 11.3 Å². The molecule has 0 saturated carbocycles. The van der Waals surface area contributed by atoms with E-state index in [0.29, 0.717) is 36.0 Å². The van der Waals surface area contributed by atoms with Crippen molar-refractivity contribution in [1.29, 1.82) is 0 Å². The Morgan fingerprint density at radius 1 is 1.17 bits per heavy atom. The second-order valence-electron chi connectivity index (χ2n) is 6.65. The summed E-state index contributed by atoms with van der Waals surface area (Å²) in [5.74, 6) is 1.45. The van der Waals surface area contributed by atoms with E-state index >= 15 is 0 Å². The van der Waals surface area contributed by atoms with Crippen molar-refractivity contribution in [3.8, 4) is 17.2 Å². The summed E-state index contributed by atoms with van der Waals surface area (Å²) in [6.07, 6.45) is 0. The lowest BCUT2D eigenvalue weighted by Gasteiger charge is -2.30. The molecule has 0 bridgehead atoms. The van der Waals surface area contributed by atoms with Gasteiger partial charge in [-0.3, -0.25) is 9.59 Å². The van der Waals surface area contributed by atoms with E-state index in [9.17, 15) is 9.59 Å². The van der Waals surface area contributed by atoms with Gasteiger partial charge < -0.3 is 24.4 Å². The number of rotatable bonds is 8. The number of nitrogens with zero attached hydrogens (tertiary/aromatic N) is 1. The first-order valence-corrected chi connectivity index (χ1v) is 9.33. The molecule has 7 heteroatoms. The molecule has 0 aliphatic carbocycles. The summed E-state index contributed by atoms with van der Waals surface area (Å²) in [6, 6.07) is 12.2. The van der Waals surface area contributed by atoms with Gasteiger partial charge in [-0.25, -0.2) is 0 Å². The number of ether oxygens (including phenoxy) is 3. The average Bonchev–Trinajstić information content (AvgIpc) is 2.70. The number of hydrogen-bond donors (Lipinski definition) is 1. The Bertz CT molecular complexity index is 908. The highest BCUT2D eigenvalue weighted by Crippen LogP contribution is 2.35. The molecule has 2 aromatic rings. The highest BCUT2D eigenvalue weighted by Gasteiger charge is 2.25. The summed E-state index contributed by atoms with van der Waals surface area (Å²) in [4.78, 5) is 26.1. The van der Waals surface area contributed by atoms with E-state index in [4.69, 9.17) is 14.2 Å². The summed E-state index contributed by atoms with van der Waals surface area (Å²) in [6.45, 7) is 8.46. The molecule has 7 nitrogen and oxygen atoms in total. The second kappa shape index (κ2) is 9.14. The molecule has 0 fully saturated rings. The van der Waals surface area contributed by atoms with Crippen LogP contribution in [0.25, 0.3) is 0 Å². The van der Waals surface area contributed by atoms with Gasteiger partial charge in [0.05, 0.1) is 12.3 Å². The molecule has 1 aliphatic heterocycles. The number of fused-ring (bicyclic) bond motifs is 1. The Morgan fingerprint density at radius 3 is 2.52 bits per heavy atom. The van der Waals surface area contributed by atoms with E-state index < -0.39 is 0 Å². The summed E-state index contributed by atoms with van der Waals surface area (Å²) in [5, 5.41) is 2.78. The number of carbonyl (C=O) groups excluding carboxylic acids is 2. The fraction of sp³-hybridized carbons (Fsp3) is 0.273. The lowest BCUT2D eigenvalue weighted by Crippen LogP contribution is -2.39. The number of amides is 2. The third kappa shape index (κ3) is 5.28. The van der Waals surface area contributed by atoms with Crippen LogP contribution in [0.3, 0.4) is 0 Å². The second-order valence-corrected chi connectivity index (χ2v) is 6.65. The lowest BCUT2D eigenvalue weighted by molar-refractivity contribution is -0.121. The van der Waals surface area contributed by atoms with Gasteiger partial charge in [-0.05, 0) is 56.3 Å². The van der Waals surface area contributed by atoms with Gasteiger partial charge in [-0.2, -0.15) is 0 Å². The van der Waals surface area contributed by atoms with Gasteiger partial charge in [-0.1, -0.05) is 12.2 Å². The zero-order valence-corrected chi connectivity index (χ0v) is 16.6. The summed E-state index contributed by atoms with van der Waals surface area (Å²) >= 11 is 0. The quantitative estimate of drug-likeness (QED) is 0.692. The van der Waals surface area contributed by atoms with E-state index in [1.54, 1.807) is 47.4 Å². The standard InChI is InChI=1S/C22H24N2O5/c1-4-27-17-6-8-18(9-7-17)28-13-21(25)23-16-5-10-20-19(11-16)24(12-15(2)3)22(26)14-29-20/h5-11H,2,4,12-14H2,1,3H3,(H,23,25). The molecule has 0 saturated heterocycles. The topological polar surface area (TPSA) is 77.1 Å². The van der Waals surface area contributed by atoms with E-state index in [2.05, 4.69) is 11.9 Å².